The molecule has 5 heteroatoms. The maximum Gasteiger partial charge on any atom is 0.263 e. The Morgan fingerprint density at radius 1 is 1.62 bits per heavy atom. The molecular weight excluding hydrogens is 224 g/mol. The lowest BCUT2D eigenvalue weighted by molar-refractivity contribution is 0.0725. The Bertz CT molecular complexity index is 378. The summed E-state index contributed by atoms with van der Waals surface area (Å²) in [4.78, 5) is 12.5. The highest BCUT2D eigenvalue weighted by Gasteiger charge is 2.29. The first kappa shape index (κ1) is 11.4. The van der Waals surface area contributed by atoms with Gasteiger partial charge in [-0.15, -0.1) is 11.3 Å². The van der Waals surface area contributed by atoms with Gasteiger partial charge in [-0.25, -0.2) is 0 Å². The summed E-state index contributed by atoms with van der Waals surface area (Å²) in [6.45, 7) is 0. The first-order valence-corrected chi connectivity index (χ1v) is 6.27. The Kier molecular flexibility index (Phi) is 3.46. The highest BCUT2D eigenvalue weighted by Crippen LogP contribution is 2.23. The Morgan fingerprint density at radius 3 is 3.06 bits per heavy atom. The van der Waals surface area contributed by atoms with E-state index in [9.17, 15) is 4.79 Å². The molecule has 4 nitrogen and oxygen atoms in total. The number of anilines is 1. The SMILES string of the molecule is COC1CCCC1NC(=O)c1sccc1N. The van der Waals surface area contributed by atoms with Gasteiger partial charge in [0.1, 0.15) is 4.88 Å². The number of thiophene rings is 1. The minimum absolute atomic E-state index is 0.0820. The van der Waals surface area contributed by atoms with Crippen LogP contribution in [0.3, 0.4) is 0 Å². The molecule has 1 heterocycles. The van der Waals surface area contributed by atoms with Crippen LogP contribution in [0.25, 0.3) is 0 Å². The molecule has 0 spiro atoms. The molecule has 1 aliphatic rings. The van der Waals surface area contributed by atoms with E-state index in [-0.39, 0.29) is 18.1 Å². The number of carbonyl (C=O) groups excluding carboxylic acids is 1. The fraction of sp³-hybridized carbons (Fsp3) is 0.545. The van der Waals surface area contributed by atoms with E-state index >= 15 is 0 Å². The fourth-order valence-electron chi connectivity index (χ4n) is 2.11. The Morgan fingerprint density at radius 2 is 2.44 bits per heavy atom. The quantitative estimate of drug-likeness (QED) is 0.844. The monoisotopic (exact) mass is 240 g/mol. The van der Waals surface area contributed by atoms with Crippen LogP contribution < -0.4 is 11.1 Å². The molecule has 1 aromatic rings. The molecular formula is C11H16N2O2S. The summed E-state index contributed by atoms with van der Waals surface area (Å²) in [5, 5.41) is 4.82. The van der Waals surface area contributed by atoms with Crippen molar-refractivity contribution < 1.29 is 9.53 Å². The van der Waals surface area contributed by atoms with E-state index in [2.05, 4.69) is 5.32 Å². The van der Waals surface area contributed by atoms with Crippen LogP contribution in [-0.4, -0.2) is 25.2 Å². The summed E-state index contributed by atoms with van der Waals surface area (Å²) in [6, 6.07) is 1.88. The van der Waals surface area contributed by atoms with Gasteiger partial charge < -0.3 is 15.8 Å². The molecule has 0 radical (unpaired) electrons. The zero-order valence-corrected chi connectivity index (χ0v) is 10.0. The molecule has 1 fully saturated rings. The number of hydrogen-bond donors (Lipinski definition) is 2. The maximum atomic E-state index is 11.9. The summed E-state index contributed by atoms with van der Waals surface area (Å²) in [5.41, 5.74) is 6.25. The highest BCUT2D eigenvalue weighted by molar-refractivity contribution is 7.12. The lowest BCUT2D eigenvalue weighted by Gasteiger charge is -2.19. The van der Waals surface area contributed by atoms with Gasteiger partial charge in [-0.05, 0) is 30.7 Å². The van der Waals surface area contributed by atoms with Crippen molar-refractivity contribution in [2.45, 2.75) is 31.4 Å². The van der Waals surface area contributed by atoms with E-state index in [4.69, 9.17) is 10.5 Å². The van der Waals surface area contributed by atoms with Crippen molar-refractivity contribution in [3.63, 3.8) is 0 Å². The molecule has 1 aromatic heterocycles. The maximum absolute atomic E-state index is 11.9. The third-order valence-electron chi connectivity index (χ3n) is 2.97. The third kappa shape index (κ3) is 2.20. The molecule has 0 saturated heterocycles. The third-order valence-corrected chi connectivity index (χ3v) is 3.90. The fourth-order valence-corrected chi connectivity index (χ4v) is 2.83. The first-order valence-electron chi connectivity index (χ1n) is 5.39. The number of ether oxygens (including phenoxy) is 1. The molecule has 2 unspecified atom stereocenters. The minimum atomic E-state index is -0.0820. The van der Waals surface area contributed by atoms with Crippen LogP contribution in [0, 0.1) is 0 Å². The molecule has 2 atom stereocenters. The number of nitrogens with one attached hydrogen (secondary N) is 1. The van der Waals surface area contributed by atoms with E-state index < -0.39 is 0 Å². The lowest BCUT2D eigenvalue weighted by atomic mass is 10.2. The molecule has 16 heavy (non-hydrogen) atoms. The summed E-state index contributed by atoms with van der Waals surface area (Å²) in [5.74, 6) is -0.0820. The summed E-state index contributed by atoms with van der Waals surface area (Å²) >= 11 is 1.37. The Balaban J connectivity index is 2.00. The van der Waals surface area contributed by atoms with E-state index in [0.717, 1.165) is 19.3 Å². The van der Waals surface area contributed by atoms with E-state index in [1.54, 1.807) is 13.2 Å². The second-order valence-electron chi connectivity index (χ2n) is 3.99. The van der Waals surface area contributed by atoms with Gasteiger partial charge in [-0.3, -0.25) is 4.79 Å². The molecule has 3 N–H and O–H groups in total. The van der Waals surface area contributed by atoms with Gasteiger partial charge in [0.15, 0.2) is 0 Å². The number of methoxy groups -OCH3 is 1. The van der Waals surface area contributed by atoms with Crippen molar-refractivity contribution in [3.05, 3.63) is 16.3 Å². The molecule has 1 amide bonds. The number of hydrogen-bond acceptors (Lipinski definition) is 4. The zero-order valence-electron chi connectivity index (χ0n) is 9.23. The van der Waals surface area contributed by atoms with Crippen molar-refractivity contribution in [2.75, 3.05) is 12.8 Å². The lowest BCUT2D eigenvalue weighted by Crippen LogP contribution is -2.40. The van der Waals surface area contributed by atoms with Gasteiger partial charge in [0.25, 0.3) is 5.91 Å². The minimum Gasteiger partial charge on any atom is -0.397 e. The number of nitrogens with two attached hydrogens (primary N) is 1. The zero-order chi connectivity index (χ0) is 11.5. The molecule has 2 rings (SSSR count). The number of nitrogen functional groups attached to an aromatic ring is 1. The molecule has 88 valence electrons. The molecule has 0 aromatic carbocycles. The molecule has 0 aliphatic heterocycles. The average Bonchev–Trinajstić information content (AvgIpc) is 2.86. The molecule has 1 aliphatic carbocycles. The second kappa shape index (κ2) is 4.84. The molecule has 0 bridgehead atoms. The summed E-state index contributed by atoms with van der Waals surface area (Å²) in [6.07, 6.45) is 3.24. The second-order valence-corrected chi connectivity index (χ2v) is 4.91. The van der Waals surface area contributed by atoms with E-state index in [0.29, 0.717) is 10.6 Å². The average molecular weight is 240 g/mol. The van der Waals surface area contributed by atoms with Crippen molar-refractivity contribution in [3.8, 4) is 0 Å². The topological polar surface area (TPSA) is 64.3 Å². The van der Waals surface area contributed by atoms with Crippen molar-refractivity contribution >= 4 is 22.9 Å². The number of carbonyl (C=O) groups is 1. The predicted octanol–water partition coefficient (Wildman–Crippen LogP) is 1.63. The largest absolute Gasteiger partial charge is 0.397 e. The van der Waals surface area contributed by atoms with Gasteiger partial charge in [-0.1, -0.05) is 0 Å². The van der Waals surface area contributed by atoms with Crippen molar-refractivity contribution in [1.82, 2.24) is 5.32 Å². The predicted molar refractivity (Wildman–Crippen MR) is 64.6 cm³/mol. The molecule has 1 saturated carbocycles. The van der Waals surface area contributed by atoms with Crippen LogP contribution in [-0.2, 0) is 4.74 Å². The smallest absolute Gasteiger partial charge is 0.263 e. The van der Waals surface area contributed by atoms with Crippen LogP contribution >= 0.6 is 11.3 Å². The number of amides is 1. The normalized spacial score (nSPS) is 24.6. The Hall–Kier alpha value is -1.07. The van der Waals surface area contributed by atoms with E-state index in [1.807, 2.05) is 5.38 Å². The van der Waals surface area contributed by atoms with Gasteiger partial charge in [0, 0.05) is 7.11 Å². The summed E-state index contributed by atoms with van der Waals surface area (Å²) < 4.78 is 5.33. The Labute approximate surface area is 98.8 Å². The van der Waals surface area contributed by atoms with Crippen LogP contribution in [0.2, 0.25) is 0 Å². The van der Waals surface area contributed by atoms with Crippen LogP contribution in [0.4, 0.5) is 5.69 Å². The van der Waals surface area contributed by atoms with Gasteiger partial charge in [0.05, 0.1) is 17.8 Å². The van der Waals surface area contributed by atoms with Gasteiger partial charge in [-0.2, -0.15) is 0 Å². The van der Waals surface area contributed by atoms with Gasteiger partial charge in [0.2, 0.25) is 0 Å². The van der Waals surface area contributed by atoms with Crippen LogP contribution in [0.5, 0.6) is 0 Å². The van der Waals surface area contributed by atoms with Crippen molar-refractivity contribution in [1.29, 1.82) is 0 Å². The van der Waals surface area contributed by atoms with Crippen LogP contribution in [0.1, 0.15) is 28.9 Å². The van der Waals surface area contributed by atoms with E-state index in [1.165, 1.54) is 11.3 Å². The van der Waals surface area contributed by atoms with Crippen molar-refractivity contribution in [2.24, 2.45) is 0 Å². The van der Waals surface area contributed by atoms with Gasteiger partial charge >= 0.3 is 0 Å². The first-order chi connectivity index (χ1) is 7.72. The highest BCUT2D eigenvalue weighted by atomic mass is 32.1. The summed E-state index contributed by atoms with van der Waals surface area (Å²) in [7, 11) is 1.69. The van der Waals surface area contributed by atoms with Crippen LogP contribution in [0.15, 0.2) is 11.4 Å². The number of rotatable bonds is 3. The standard InChI is InChI=1S/C11H16N2O2S/c1-15-9-4-2-3-8(9)13-11(14)10-7(12)5-6-16-10/h5-6,8-9H,2-4,12H2,1H3,(H,13,14).